The molecule has 184 valence electrons. The summed E-state index contributed by atoms with van der Waals surface area (Å²) in [6.07, 6.45) is 2.65. The van der Waals surface area contributed by atoms with Crippen LogP contribution in [0.1, 0.15) is 31.2 Å². The zero-order valence-corrected chi connectivity index (χ0v) is 20.0. The lowest BCUT2D eigenvalue weighted by molar-refractivity contribution is -0.149. The van der Waals surface area contributed by atoms with E-state index in [-0.39, 0.29) is 12.3 Å². The third-order valence-electron chi connectivity index (χ3n) is 6.16. The van der Waals surface area contributed by atoms with Gasteiger partial charge in [-0.15, -0.1) is 0 Å². The Morgan fingerprint density at radius 3 is 2.29 bits per heavy atom. The first-order valence-corrected chi connectivity index (χ1v) is 11.4. The number of carboxylic acids is 1. The molecule has 0 saturated carbocycles. The number of hydrogen-bond acceptors (Lipinski definition) is 6. The van der Waals surface area contributed by atoms with E-state index in [1.807, 2.05) is 42.5 Å². The average Bonchev–Trinajstić information content (AvgIpc) is 3.33. The van der Waals surface area contributed by atoms with Crippen LogP contribution < -0.4 is 14.8 Å². The molecular weight excluding hydrogens is 438 g/mol. The van der Waals surface area contributed by atoms with Crippen molar-refractivity contribution in [2.75, 3.05) is 34.5 Å². The van der Waals surface area contributed by atoms with Crippen LogP contribution in [-0.2, 0) is 25.5 Å². The molecule has 34 heavy (non-hydrogen) atoms. The molecule has 1 saturated heterocycles. The predicted octanol–water partition coefficient (Wildman–Crippen LogP) is 3.46. The van der Waals surface area contributed by atoms with Crippen molar-refractivity contribution in [1.29, 1.82) is 0 Å². The summed E-state index contributed by atoms with van der Waals surface area (Å²) in [4.78, 5) is 25.0. The molecule has 0 unspecified atom stereocenters. The molecule has 2 atom stereocenters. The lowest BCUT2D eigenvalue weighted by Gasteiger charge is -2.29. The summed E-state index contributed by atoms with van der Waals surface area (Å²) in [5.74, 6) is -0.103. The number of rotatable bonds is 12. The van der Waals surface area contributed by atoms with Gasteiger partial charge in [0.1, 0.15) is 23.1 Å². The van der Waals surface area contributed by atoms with Crippen molar-refractivity contribution in [3.05, 3.63) is 48.0 Å². The summed E-state index contributed by atoms with van der Waals surface area (Å²) in [5, 5.41) is 12.5. The summed E-state index contributed by atoms with van der Waals surface area (Å²) in [5.41, 5.74) is 1.49. The summed E-state index contributed by atoms with van der Waals surface area (Å²) in [7, 11) is 4.81. The van der Waals surface area contributed by atoms with Gasteiger partial charge in [-0.05, 0) is 48.9 Å². The van der Waals surface area contributed by atoms with Crippen LogP contribution in [0.2, 0.25) is 0 Å². The first kappa shape index (κ1) is 25.5. The van der Waals surface area contributed by atoms with Crippen molar-refractivity contribution in [1.82, 2.24) is 5.32 Å². The molecular formula is C26H33NO7. The number of carboxylic acid groups (broad SMARTS) is 1. The standard InChI is InChI=1S/C26H33NO7/c1-31-15-5-13-26(14-6-16-34-26)25(30)27-20(24(28)29)17-18-9-11-19(12-10-18)23-21(32-2)7-4-8-22(23)33-3/h4,7-12,20H,5-6,13-17H2,1-3H3,(H,27,30)(H,28,29)/t20-,26+/m0/s1. The van der Waals surface area contributed by atoms with E-state index in [4.69, 9.17) is 18.9 Å². The molecule has 0 aliphatic carbocycles. The molecule has 0 radical (unpaired) electrons. The van der Waals surface area contributed by atoms with Crippen LogP contribution in [0.15, 0.2) is 42.5 Å². The molecule has 1 fully saturated rings. The van der Waals surface area contributed by atoms with E-state index in [1.54, 1.807) is 21.3 Å². The number of hydrogen-bond donors (Lipinski definition) is 2. The fraction of sp³-hybridized carbons (Fsp3) is 0.462. The summed E-state index contributed by atoms with van der Waals surface area (Å²) in [6.45, 7) is 1.01. The molecule has 2 aromatic carbocycles. The number of benzene rings is 2. The highest BCUT2D eigenvalue weighted by Gasteiger charge is 2.43. The largest absolute Gasteiger partial charge is 0.496 e. The van der Waals surface area contributed by atoms with Gasteiger partial charge in [-0.1, -0.05) is 30.3 Å². The van der Waals surface area contributed by atoms with Crippen molar-refractivity contribution in [3.8, 4) is 22.6 Å². The van der Waals surface area contributed by atoms with Crippen molar-refractivity contribution in [2.45, 2.75) is 43.7 Å². The van der Waals surface area contributed by atoms with Crippen LogP contribution in [-0.4, -0.2) is 63.2 Å². The van der Waals surface area contributed by atoms with Crippen LogP contribution in [0, 0.1) is 0 Å². The molecule has 8 heteroatoms. The highest BCUT2D eigenvalue weighted by Crippen LogP contribution is 2.38. The van der Waals surface area contributed by atoms with Crippen LogP contribution in [0.25, 0.3) is 11.1 Å². The molecule has 1 aliphatic heterocycles. The van der Waals surface area contributed by atoms with Gasteiger partial charge in [-0.3, -0.25) is 4.79 Å². The van der Waals surface area contributed by atoms with Crippen molar-refractivity contribution in [2.24, 2.45) is 0 Å². The van der Waals surface area contributed by atoms with Crippen LogP contribution in [0.3, 0.4) is 0 Å². The molecule has 8 nitrogen and oxygen atoms in total. The molecule has 1 aliphatic rings. The number of carbonyl (C=O) groups excluding carboxylic acids is 1. The minimum Gasteiger partial charge on any atom is -0.496 e. The lowest BCUT2D eigenvalue weighted by Crippen LogP contribution is -2.53. The molecule has 0 aromatic heterocycles. The summed E-state index contributed by atoms with van der Waals surface area (Å²) >= 11 is 0. The first-order chi connectivity index (χ1) is 16.4. The quantitative estimate of drug-likeness (QED) is 0.457. The highest BCUT2D eigenvalue weighted by molar-refractivity contribution is 5.89. The number of methoxy groups -OCH3 is 3. The van der Waals surface area contributed by atoms with Crippen molar-refractivity contribution >= 4 is 11.9 Å². The minimum atomic E-state index is -1.09. The lowest BCUT2D eigenvalue weighted by atomic mass is 9.92. The van der Waals surface area contributed by atoms with E-state index >= 15 is 0 Å². The molecule has 0 spiro atoms. The van der Waals surface area contributed by atoms with E-state index in [0.29, 0.717) is 44.0 Å². The summed E-state index contributed by atoms with van der Waals surface area (Å²) < 4.78 is 21.9. The van der Waals surface area contributed by atoms with E-state index in [0.717, 1.165) is 23.1 Å². The summed E-state index contributed by atoms with van der Waals surface area (Å²) in [6, 6.07) is 12.0. The van der Waals surface area contributed by atoms with Crippen molar-refractivity contribution < 1.29 is 33.6 Å². The van der Waals surface area contributed by atoms with Gasteiger partial charge in [0.15, 0.2) is 0 Å². The number of amides is 1. The Morgan fingerprint density at radius 2 is 1.76 bits per heavy atom. The van der Waals surface area contributed by atoms with Gasteiger partial charge in [0.2, 0.25) is 0 Å². The topological polar surface area (TPSA) is 103 Å². The zero-order valence-electron chi connectivity index (χ0n) is 20.0. The van der Waals surface area contributed by atoms with Crippen LogP contribution in [0.4, 0.5) is 0 Å². The molecule has 1 heterocycles. The van der Waals surface area contributed by atoms with Crippen LogP contribution in [0.5, 0.6) is 11.5 Å². The predicted molar refractivity (Wildman–Crippen MR) is 127 cm³/mol. The normalized spacial score (nSPS) is 18.3. The molecule has 0 bridgehead atoms. The monoisotopic (exact) mass is 471 g/mol. The molecule has 2 aromatic rings. The highest BCUT2D eigenvalue weighted by atomic mass is 16.5. The Kier molecular flexibility index (Phi) is 8.90. The molecule has 3 rings (SSSR count). The van der Waals surface area contributed by atoms with Gasteiger partial charge in [0.25, 0.3) is 5.91 Å². The second kappa shape index (κ2) is 11.9. The molecule has 2 N–H and O–H groups in total. The van der Waals surface area contributed by atoms with Gasteiger partial charge in [0, 0.05) is 26.7 Å². The fourth-order valence-electron chi connectivity index (χ4n) is 4.36. The van der Waals surface area contributed by atoms with E-state index in [2.05, 4.69) is 5.32 Å². The Balaban J connectivity index is 1.74. The van der Waals surface area contributed by atoms with Gasteiger partial charge in [-0.25, -0.2) is 4.79 Å². The zero-order chi connectivity index (χ0) is 24.6. The Bertz CT molecular complexity index is 945. The molecule has 1 amide bonds. The Hall–Kier alpha value is -3.10. The maximum absolute atomic E-state index is 13.1. The van der Waals surface area contributed by atoms with Crippen molar-refractivity contribution in [3.63, 3.8) is 0 Å². The minimum absolute atomic E-state index is 0.151. The third kappa shape index (κ3) is 5.87. The number of carbonyl (C=O) groups is 2. The third-order valence-corrected chi connectivity index (χ3v) is 6.16. The van der Waals surface area contributed by atoms with Gasteiger partial charge >= 0.3 is 5.97 Å². The van der Waals surface area contributed by atoms with Gasteiger partial charge < -0.3 is 29.4 Å². The number of aliphatic carboxylic acids is 1. The SMILES string of the molecule is COCCC[C@]1(C(=O)N[C@@H](Cc2ccc(-c3c(OC)cccc3OC)cc2)C(=O)O)CCCO1. The fourth-order valence-corrected chi connectivity index (χ4v) is 4.36. The van der Waals surface area contributed by atoms with E-state index in [1.165, 1.54) is 0 Å². The van der Waals surface area contributed by atoms with E-state index in [9.17, 15) is 14.7 Å². The smallest absolute Gasteiger partial charge is 0.326 e. The maximum atomic E-state index is 13.1. The average molecular weight is 472 g/mol. The van der Waals surface area contributed by atoms with Crippen LogP contribution >= 0.6 is 0 Å². The maximum Gasteiger partial charge on any atom is 0.326 e. The second-order valence-corrected chi connectivity index (χ2v) is 8.35. The van der Waals surface area contributed by atoms with E-state index < -0.39 is 17.6 Å². The Morgan fingerprint density at radius 1 is 1.09 bits per heavy atom. The second-order valence-electron chi connectivity index (χ2n) is 8.35. The van der Waals surface area contributed by atoms with Gasteiger partial charge in [0.05, 0.1) is 19.8 Å². The first-order valence-electron chi connectivity index (χ1n) is 11.4. The number of nitrogens with one attached hydrogen (secondary N) is 1. The Labute approximate surface area is 200 Å². The number of ether oxygens (including phenoxy) is 4. The van der Waals surface area contributed by atoms with Gasteiger partial charge in [-0.2, -0.15) is 0 Å².